The number of rotatable bonds is 2. The first-order valence-electron chi connectivity index (χ1n) is 5.08. The van der Waals surface area contributed by atoms with E-state index < -0.39 is 6.55 Å². The lowest BCUT2D eigenvalue weighted by Crippen LogP contribution is -1.97. The fraction of sp³-hybridized carbons (Fsp3) is 0.100. The number of imidazole rings is 1. The lowest BCUT2D eigenvalue weighted by Gasteiger charge is -2.01. The second kappa shape index (κ2) is 4.64. The Bertz CT molecular complexity index is 752. The van der Waals surface area contributed by atoms with E-state index in [0.29, 0.717) is 30.8 Å². The van der Waals surface area contributed by atoms with Crippen LogP contribution in [0.4, 0.5) is 8.78 Å². The maximum atomic E-state index is 12.5. The number of halogens is 4. The molecule has 0 aliphatic rings. The first-order valence-corrected chi connectivity index (χ1v) is 6.66. The summed E-state index contributed by atoms with van der Waals surface area (Å²) in [7, 11) is 0. The second-order valence-electron chi connectivity index (χ2n) is 3.68. The van der Waals surface area contributed by atoms with Gasteiger partial charge in [0.2, 0.25) is 0 Å². The molecule has 3 rings (SSSR count). The molecule has 5 nitrogen and oxygen atoms in total. The first-order chi connectivity index (χ1) is 9.06. The van der Waals surface area contributed by atoms with Crippen molar-refractivity contribution < 1.29 is 8.78 Å². The Morgan fingerprint density at radius 2 is 1.95 bits per heavy atom. The van der Waals surface area contributed by atoms with E-state index in [0.717, 1.165) is 0 Å². The summed E-state index contributed by atoms with van der Waals surface area (Å²) in [6.45, 7) is -2.66. The minimum atomic E-state index is -2.66. The summed E-state index contributed by atoms with van der Waals surface area (Å²) in [6.07, 6.45) is 5.94. The Labute approximate surface area is 122 Å². The van der Waals surface area contributed by atoms with E-state index in [1.807, 2.05) is 0 Å². The van der Waals surface area contributed by atoms with Crippen LogP contribution in [-0.4, -0.2) is 24.1 Å². The average Bonchev–Trinajstić information content (AvgIpc) is 2.93. The van der Waals surface area contributed by atoms with Crippen LogP contribution in [0.5, 0.6) is 0 Å². The Morgan fingerprint density at radius 1 is 1.16 bits per heavy atom. The van der Waals surface area contributed by atoms with Gasteiger partial charge in [-0.15, -0.1) is 0 Å². The molecule has 0 saturated heterocycles. The van der Waals surface area contributed by atoms with Crippen molar-refractivity contribution >= 4 is 37.5 Å². The summed E-state index contributed by atoms with van der Waals surface area (Å²) >= 11 is 6.57. The van der Waals surface area contributed by atoms with Crippen LogP contribution in [0.15, 0.2) is 34.0 Å². The van der Waals surface area contributed by atoms with Crippen molar-refractivity contribution in [1.29, 1.82) is 0 Å². The molecule has 0 atom stereocenters. The molecule has 0 amide bonds. The number of aromatic nitrogens is 5. The van der Waals surface area contributed by atoms with Crippen molar-refractivity contribution in [1.82, 2.24) is 24.1 Å². The van der Waals surface area contributed by atoms with E-state index in [2.05, 4.69) is 46.9 Å². The fourth-order valence-electron chi connectivity index (χ4n) is 1.71. The molecule has 19 heavy (non-hydrogen) atoms. The number of fused-ring (bicyclic) bond motifs is 1. The summed E-state index contributed by atoms with van der Waals surface area (Å²) in [4.78, 5) is 8.35. The number of nitrogens with zero attached hydrogens (tertiary/aromatic N) is 5. The van der Waals surface area contributed by atoms with Gasteiger partial charge < -0.3 is 0 Å². The Kier molecular flexibility index (Phi) is 3.09. The third-order valence-electron chi connectivity index (χ3n) is 2.52. The molecular weight excluding hydrogens is 388 g/mol. The van der Waals surface area contributed by atoms with Crippen molar-refractivity contribution in [3.63, 3.8) is 0 Å². The summed E-state index contributed by atoms with van der Waals surface area (Å²) in [5, 5.41) is 3.61. The fourth-order valence-corrected chi connectivity index (χ4v) is 2.82. The largest absolute Gasteiger partial charge is 0.333 e. The molecule has 0 aromatic carbocycles. The molecule has 0 aliphatic heterocycles. The van der Waals surface area contributed by atoms with Crippen LogP contribution in [0.2, 0.25) is 0 Å². The van der Waals surface area contributed by atoms with E-state index in [9.17, 15) is 8.78 Å². The van der Waals surface area contributed by atoms with Gasteiger partial charge in [0.25, 0.3) is 0 Å². The topological polar surface area (TPSA) is 48.0 Å². The van der Waals surface area contributed by atoms with Crippen molar-refractivity contribution in [3.05, 3.63) is 34.0 Å². The van der Waals surface area contributed by atoms with Gasteiger partial charge in [-0.25, -0.2) is 14.6 Å². The predicted octanol–water partition coefficient (Wildman–Crippen LogP) is 3.51. The summed E-state index contributed by atoms with van der Waals surface area (Å²) in [6, 6.07) is 0. The van der Waals surface area contributed by atoms with Crippen LogP contribution in [0.1, 0.15) is 6.55 Å². The van der Waals surface area contributed by atoms with Crippen molar-refractivity contribution in [2.45, 2.75) is 6.55 Å². The van der Waals surface area contributed by atoms with Crippen LogP contribution in [0.25, 0.3) is 16.9 Å². The average molecular weight is 393 g/mol. The molecule has 0 N–H and O–H groups in total. The molecule has 0 bridgehead atoms. The quantitative estimate of drug-likeness (QED) is 0.670. The minimum Gasteiger partial charge on any atom is -0.295 e. The normalized spacial score (nSPS) is 11.6. The van der Waals surface area contributed by atoms with Gasteiger partial charge in [0.1, 0.15) is 4.60 Å². The zero-order valence-corrected chi connectivity index (χ0v) is 12.3. The van der Waals surface area contributed by atoms with E-state index in [1.165, 1.54) is 12.4 Å². The number of alkyl halides is 2. The van der Waals surface area contributed by atoms with Crippen LogP contribution in [-0.2, 0) is 0 Å². The van der Waals surface area contributed by atoms with Crippen LogP contribution in [0, 0.1) is 0 Å². The Balaban J connectivity index is 2.19. The van der Waals surface area contributed by atoms with Crippen LogP contribution >= 0.6 is 31.9 Å². The molecular formula is C10H5Br2F2N5. The minimum absolute atomic E-state index is 0.554. The molecule has 9 heteroatoms. The maximum Gasteiger partial charge on any atom is 0.333 e. The molecule has 0 fully saturated rings. The molecule has 0 saturated carbocycles. The number of hydrogen-bond acceptors (Lipinski definition) is 3. The van der Waals surface area contributed by atoms with Crippen molar-refractivity contribution in [2.75, 3.05) is 0 Å². The van der Waals surface area contributed by atoms with Crippen LogP contribution in [0.3, 0.4) is 0 Å². The molecule has 0 spiro atoms. The molecule has 98 valence electrons. The van der Waals surface area contributed by atoms with Gasteiger partial charge in [-0.05, 0) is 31.9 Å². The molecule has 0 unspecified atom stereocenters. The SMILES string of the molecule is FC(F)n1cc(-c2cnc3c(Br)nc(Br)cn23)cn1. The Hall–Kier alpha value is -1.35. The summed E-state index contributed by atoms with van der Waals surface area (Å²) in [5.41, 5.74) is 1.81. The highest BCUT2D eigenvalue weighted by atomic mass is 79.9. The smallest absolute Gasteiger partial charge is 0.295 e. The van der Waals surface area contributed by atoms with Gasteiger partial charge in [0.05, 0.1) is 18.1 Å². The molecule has 3 heterocycles. The highest BCUT2D eigenvalue weighted by Gasteiger charge is 2.14. The van der Waals surface area contributed by atoms with E-state index in [4.69, 9.17) is 0 Å². The van der Waals surface area contributed by atoms with Gasteiger partial charge in [-0.1, -0.05) is 0 Å². The standard InChI is InChI=1S/C10H5Br2F2N5/c11-7-4-18-6(2-15-9(18)8(12)17-7)5-1-16-19(3-5)10(13)14/h1-4,10H. The van der Waals surface area contributed by atoms with E-state index in [1.54, 1.807) is 16.8 Å². The van der Waals surface area contributed by atoms with Crippen molar-refractivity contribution in [3.8, 4) is 11.3 Å². The molecule has 3 aromatic rings. The second-order valence-corrected chi connectivity index (χ2v) is 5.24. The third-order valence-corrected chi connectivity index (χ3v) is 3.43. The monoisotopic (exact) mass is 391 g/mol. The van der Waals surface area contributed by atoms with E-state index in [-0.39, 0.29) is 0 Å². The zero-order chi connectivity index (χ0) is 13.6. The summed E-state index contributed by atoms with van der Waals surface area (Å²) < 4.78 is 28.5. The van der Waals surface area contributed by atoms with Gasteiger partial charge in [0.15, 0.2) is 10.3 Å². The zero-order valence-electron chi connectivity index (χ0n) is 9.13. The van der Waals surface area contributed by atoms with Crippen LogP contribution < -0.4 is 0 Å². The maximum absolute atomic E-state index is 12.5. The lowest BCUT2D eigenvalue weighted by atomic mass is 10.3. The third kappa shape index (κ3) is 2.16. The van der Waals surface area contributed by atoms with Gasteiger partial charge in [-0.2, -0.15) is 13.9 Å². The first kappa shape index (κ1) is 12.7. The number of hydrogen-bond donors (Lipinski definition) is 0. The Morgan fingerprint density at radius 3 is 2.63 bits per heavy atom. The van der Waals surface area contributed by atoms with Gasteiger partial charge in [0, 0.05) is 18.0 Å². The van der Waals surface area contributed by atoms with Gasteiger partial charge >= 0.3 is 6.55 Å². The lowest BCUT2D eigenvalue weighted by molar-refractivity contribution is 0.0566. The highest BCUT2D eigenvalue weighted by molar-refractivity contribution is 9.11. The summed E-state index contributed by atoms with van der Waals surface area (Å²) in [5.74, 6) is 0. The van der Waals surface area contributed by atoms with Gasteiger partial charge in [-0.3, -0.25) is 4.40 Å². The molecule has 0 radical (unpaired) electrons. The molecule has 0 aliphatic carbocycles. The highest BCUT2D eigenvalue weighted by Crippen LogP contribution is 2.26. The predicted molar refractivity (Wildman–Crippen MR) is 70.9 cm³/mol. The van der Waals surface area contributed by atoms with E-state index >= 15 is 0 Å². The molecule has 3 aromatic heterocycles. The van der Waals surface area contributed by atoms with Crippen molar-refractivity contribution in [2.24, 2.45) is 0 Å².